The van der Waals surface area contributed by atoms with E-state index < -0.39 is 6.16 Å². The molecule has 0 aliphatic carbocycles. The molecule has 126 valence electrons. The highest BCUT2D eigenvalue weighted by Gasteiger charge is 2.08. The molecule has 0 aromatic carbocycles. The van der Waals surface area contributed by atoms with Crippen molar-refractivity contribution in [1.82, 2.24) is 0 Å². The Morgan fingerprint density at radius 3 is 1.90 bits per heavy atom. The number of rotatable bonds is 14. The molecule has 0 rings (SSSR count). The first kappa shape index (κ1) is 20.8. The van der Waals surface area contributed by atoms with Crippen molar-refractivity contribution in [3.05, 3.63) is 0 Å². The Morgan fingerprint density at radius 2 is 1.38 bits per heavy atom. The van der Waals surface area contributed by atoms with Crippen LogP contribution < -0.4 is 0 Å². The van der Waals surface area contributed by atoms with Crippen molar-refractivity contribution in [3.8, 4) is 0 Å². The van der Waals surface area contributed by atoms with Crippen molar-refractivity contribution in [2.75, 3.05) is 13.2 Å². The van der Waals surface area contributed by atoms with Crippen LogP contribution in [0.3, 0.4) is 0 Å². The van der Waals surface area contributed by atoms with E-state index >= 15 is 0 Å². The molecule has 0 spiro atoms. The predicted molar refractivity (Wildman–Crippen MR) is 92.2 cm³/mol. The van der Waals surface area contributed by atoms with Gasteiger partial charge < -0.3 is 9.47 Å². The number of hydrogen-bond acceptors (Lipinski definition) is 3. The molecule has 0 heterocycles. The summed E-state index contributed by atoms with van der Waals surface area (Å²) in [5, 5.41) is 0. The number of hydrogen-bond donors (Lipinski definition) is 0. The van der Waals surface area contributed by atoms with Crippen molar-refractivity contribution in [2.45, 2.75) is 89.3 Å². The molecular formula is C17H33BrO3. The standard InChI is InChI=1S/C17H33BrO3/c1-3-5-6-7-8-9-10-11-12-13-14-16(18)15-21-17(19)20-4-2/h16H,3-15H2,1-2H3. The largest absolute Gasteiger partial charge is 0.508 e. The summed E-state index contributed by atoms with van der Waals surface area (Å²) in [5.41, 5.74) is 0. The van der Waals surface area contributed by atoms with E-state index in [9.17, 15) is 4.79 Å². The zero-order valence-electron chi connectivity index (χ0n) is 13.9. The lowest BCUT2D eigenvalue weighted by Crippen LogP contribution is -2.14. The quantitative estimate of drug-likeness (QED) is 0.208. The predicted octanol–water partition coefficient (Wildman–Crippen LogP) is 6.23. The third-order valence-corrected chi connectivity index (χ3v) is 4.24. The minimum absolute atomic E-state index is 0.246. The van der Waals surface area contributed by atoms with E-state index in [4.69, 9.17) is 9.47 Å². The van der Waals surface area contributed by atoms with Gasteiger partial charge in [0.2, 0.25) is 0 Å². The Bertz CT molecular complexity index is 234. The fourth-order valence-corrected chi connectivity index (χ4v) is 2.71. The zero-order valence-corrected chi connectivity index (χ0v) is 15.5. The normalized spacial score (nSPS) is 12.1. The molecule has 3 nitrogen and oxygen atoms in total. The van der Waals surface area contributed by atoms with Gasteiger partial charge in [0.05, 0.1) is 6.61 Å². The van der Waals surface area contributed by atoms with Crippen LogP contribution in [0.25, 0.3) is 0 Å². The number of alkyl halides is 1. The molecule has 0 N–H and O–H groups in total. The Kier molecular flexibility index (Phi) is 15.9. The molecule has 21 heavy (non-hydrogen) atoms. The molecule has 0 aromatic heterocycles. The van der Waals surface area contributed by atoms with E-state index in [1.165, 1.54) is 64.2 Å². The third kappa shape index (κ3) is 16.0. The highest BCUT2D eigenvalue weighted by Crippen LogP contribution is 2.15. The van der Waals surface area contributed by atoms with E-state index in [1.807, 2.05) is 0 Å². The van der Waals surface area contributed by atoms with E-state index in [0.29, 0.717) is 13.2 Å². The van der Waals surface area contributed by atoms with Gasteiger partial charge in [-0.05, 0) is 13.3 Å². The van der Waals surface area contributed by atoms with Crippen LogP contribution in [-0.2, 0) is 9.47 Å². The van der Waals surface area contributed by atoms with Gasteiger partial charge in [0, 0.05) is 4.83 Å². The molecule has 4 heteroatoms. The number of carbonyl (C=O) groups excluding carboxylic acids is 1. The van der Waals surface area contributed by atoms with E-state index in [2.05, 4.69) is 22.9 Å². The van der Waals surface area contributed by atoms with Crippen LogP contribution in [0.4, 0.5) is 4.79 Å². The molecule has 1 unspecified atom stereocenters. The molecule has 1 atom stereocenters. The fourth-order valence-electron chi connectivity index (χ4n) is 2.25. The maximum Gasteiger partial charge on any atom is 0.508 e. The Balaban J connectivity index is 3.21. The van der Waals surface area contributed by atoms with Gasteiger partial charge >= 0.3 is 6.16 Å². The molecule has 0 fully saturated rings. The summed E-state index contributed by atoms with van der Waals surface area (Å²) < 4.78 is 9.69. The SMILES string of the molecule is CCCCCCCCCCCCC(Br)COC(=O)OCC. The maximum atomic E-state index is 11.0. The molecular weight excluding hydrogens is 332 g/mol. The monoisotopic (exact) mass is 364 g/mol. The summed E-state index contributed by atoms with van der Waals surface area (Å²) in [4.78, 5) is 11.3. The summed E-state index contributed by atoms with van der Waals surface area (Å²) in [6, 6.07) is 0. The van der Waals surface area contributed by atoms with Gasteiger partial charge in [-0.1, -0.05) is 87.1 Å². The fraction of sp³-hybridized carbons (Fsp3) is 0.941. The highest BCUT2D eigenvalue weighted by molar-refractivity contribution is 9.09. The number of unbranched alkanes of at least 4 members (excludes halogenated alkanes) is 9. The first-order chi connectivity index (χ1) is 10.2. The zero-order chi connectivity index (χ0) is 15.8. The second-order valence-corrected chi connectivity index (χ2v) is 6.86. The minimum Gasteiger partial charge on any atom is -0.435 e. The van der Waals surface area contributed by atoms with Gasteiger partial charge in [0.15, 0.2) is 0 Å². The first-order valence-corrected chi connectivity index (χ1v) is 9.55. The maximum absolute atomic E-state index is 11.0. The summed E-state index contributed by atoms with van der Waals surface area (Å²) in [5.74, 6) is 0. The van der Waals surface area contributed by atoms with Crippen molar-refractivity contribution in [1.29, 1.82) is 0 Å². The molecule has 0 aliphatic heterocycles. The van der Waals surface area contributed by atoms with Gasteiger partial charge in [-0.3, -0.25) is 0 Å². The van der Waals surface area contributed by atoms with Crippen LogP contribution in [0.1, 0.15) is 84.5 Å². The number of ether oxygens (including phenoxy) is 2. The van der Waals surface area contributed by atoms with Crippen LogP contribution in [0.5, 0.6) is 0 Å². The lowest BCUT2D eigenvalue weighted by molar-refractivity contribution is 0.0592. The lowest BCUT2D eigenvalue weighted by atomic mass is 10.1. The van der Waals surface area contributed by atoms with Crippen LogP contribution in [-0.4, -0.2) is 24.2 Å². The average Bonchev–Trinajstić information content (AvgIpc) is 2.47. The van der Waals surface area contributed by atoms with E-state index in [0.717, 1.165) is 6.42 Å². The molecule has 0 saturated heterocycles. The van der Waals surface area contributed by atoms with E-state index in [1.54, 1.807) is 6.92 Å². The Labute approximate surface area is 139 Å². The Morgan fingerprint density at radius 1 is 0.857 bits per heavy atom. The Hall–Kier alpha value is -0.250. The molecule has 0 saturated carbocycles. The summed E-state index contributed by atoms with van der Waals surface area (Å²) >= 11 is 3.54. The summed E-state index contributed by atoms with van der Waals surface area (Å²) in [6.07, 6.45) is 13.9. The van der Waals surface area contributed by atoms with Crippen LogP contribution in [0.2, 0.25) is 0 Å². The smallest absolute Gasteiger partial charge is 0.435 e. The molecule has 0 radical (unpaired) electrons. The molecule has 0 aliphatic rings. The van der Waals surface area contributed by atoms with Crippen molar-refractivity contribution >= 4 is 22.1 Å². The van der Waals surface area contributed by atoms with Gasteiger partial charge in [-0.25, -0.2) is 4.79 Å². The minimum atomic E-state index is -0.565. The van der Waals surface area contributed by atoms with Crippen molar-refractivity contribution in [3.63, 3.8) is 0 Å². The van der Waals surface area contributed by atoms with E-state index in [-0.39, 0.29) is 4.83 Å². The summed E-state index contributed by atoms with van der Waals surface area (Å²) in [6.45, 7) is 4.80. The molecule has 0 bridgehead atoms. The van der Waals surface area contributed by atoms with Gasteiger partial charge in [-0.15, -0.1) is 0 Å². The van der Waals surface area contributed by atoms with Crippen LogP contribution >= 0.6 is 15.9 Å². The van der Waals surface area contributed by atoms with Gasteiger partial charge in [0.1, 0.15) is 6.61 Å². The van der Waals surface area contributed by atoms with Gasteiger partial charge in [0.25, 0.3) is 0 Å². The van der Waals surface area contributed by atoms with Crippen molar-refractivity contribution < 1.29 is 14.3 Å². The van der Waals surface area contributed by atoms with Crippen LogP contribution in [0.15, 0.2) is 0 Å². The third-order valence-electron chi connectivity index (χ3n) is 3.52. The second-order valence-electron chi connectivity index (χ2n) is 5.56. The van der Waals surface area contributed by atoms with Crippen molar-refractivity contribution in [2.24, 2.45) is 0 Å². The lowest BCUT2D eigenvalue weighted by Gasteiger charge is -2.10. The molecule has 0 aromatic rings. The summed E-state index contributed by atoms with van der Waals surface area (Å²) in [7, 11) is 0. The van der Waals surface area contributed by atoms with Crippen LogP contribution in [0, 0.1) is 0 Å². The molecule has 0 amide bonds. The highest BCUT2D eigenvalue weighted by atomic mass is 79.9. The number of carbonyl (C=O) groups is 1. The second kappa shape index (κ2) is 16.1. The number of halogens is 1. The van der Waals surface area contributed by atoms with Gasteiger partial charge in [-0.2, -0.15) is 0 Å². The first-order valence-electron chi connectivity index (χ1n) is 8.64. The topological polar surface area (TPSA) is 35.5 Å². The average molecular weight is 365 g/mol.